The molecule has 5 nitrogen and oxygen atoms in total. The van der Waals surface area contributed by atoms with Gasteiger partial charge in [0.25, 0.3) is 0 Å². The Morgan fingerprint density at radius 2 is 1.75 bits per heavy atom. The Morgan fingerprint density at radius 1 is 1.08 bits per heavy atom. The third kappa shape index (κ3) is 2.95. The van der Waals surface area contributed by atoms with Gasteiger partial charge in [0.05, 0.1) is 5.69 Å². The zero-order chi connectivity index (χ0) is 16.5. The summed E-state index contributed by atoms with van der Waals surface area (Å²) in [6.45, 7) is 0.950. The van der Waals surface area contributed by atoms with Crippen LogP contribution in [0.15, 0.2) is 42.5 Å². The maximum Gasteiger partial charge on any atom is 0.227 e. The first-order chi connectivity index (χ1) is 11.7. The molecule has 2 N–H and O–H groups in total. The fourth-order valence-corrected chi connectivity index (χ4v) is 2.83. The molecule has 1 unspecified atom stereocenters. The average molecular weight is 325 g/mol. The summed E-state index contributed by atoms with van der Waals surface area (Å²) in [6, 6.07) is 12.9. The highest BCUT2D eigenvalue weighted by molar-refractivity contribution is 5.95. The van der Waals surface area contributed by atoms with Crippen molar-refractivity contribution in [3.63, 3.8) is 0 Å². The van der Waals surface area contributed by atoms with E-state index in [-0.39, 0.29) is 11.8 Å². The number of carbonyl (C=O) groups excluding carboxylic acids is 1. The fraction of sp³-hybridized carbons (Fsp3) is 0.316. The lowest BCUT2D eigenvalue weighted by atomic mass is 9.99. The molecule has 2 aromatic rings. The van der Waals surface area contributed by atoms with Crippen molar-refractivity contribution in [2.45, 2.75) is 18.9 Å². The molecule has 124 valence electrons. The molecule has 2 aromatic carbocycles. The van der Waals surface area contributed by atoms with E-state index in [0.717, 1.165) is 18.4 Å². The number of amides is 1. The summed E-state index contributed by atoms with van der Waals surface area (Å²) in [6.07, 6.45) is 0.997. The molecule has 0 bridgehead atoms. The molecule has 0 aromatic heterocycles. The molecule has 1 fully saturated rings. The predicted octanol–water partition coefficient (Wildman–Crippen LogP) is 2.89. The summed E-state index contributed by atoms with van der Waals surface area (Å²) >= 11 is 0. The second-order valence-electron chi connectivity index (χ2n) is 6.16. The van der Waals surface area contributed by atoms with Crippen molar-refractivity contribution in [3.05, 3.63) is 53.6 Å². The van der Waals surface area contributed by atoms with E-state index in [1.165, 1.54) is 0 Å². The number of rotatable bonds is 4. The van der Waals surface area contributed by atoms with Crippen molar-refractivity contribution in [3.8, 4) is 11.5 Å². The molecule has 1 aliphatic heterocycles. The van der Waals surface area contributed by atoms with Crippen LogP contribution in [0.1, 0.15) is 30.1 Å². The number of benzene rings is 2. The van der Waals surface area contributed by atoms with Crippen LogP contribution < -0.4 is 14.8 Å². The molecule has 1 heterocycles. The smallest absolute Gasteiger partial charge is 0.227 e. The molecule has 5 heteroatoms. The molecule has 0 spiro atoms. The Hall–Kier alpha value is -2.53. The summed E-state index contributed by atoms with van der Waals surface area (Å²) < 4.78 is 11.2. The molecule has 2 aliphatic rings. The van der Waals surface area contributed by atoms with Crippen LogP contribution in [0.3, 0.4) is 0 Å². The number of fused-ring (bicyclic) bond motifs is 1. The summed E-state index contributed by atoms with van der Waals surface area (Å²) in [7, 11) is 0. The van der Waals surface area contributed by atoms with Crippen LogP contribution >= 0.6 is 0 Å². The number of hydrogen-bond acceptors (Lipinski definition) is 4. The number of anilines is 1. The maximum atomic E-state index is 12.2. The SMILES string of the molecule is O=C(Nc1cc2c(cc1C(O)c1ccccc1)OCCO2)C1CC1. The Labute approximate surface area is 140 Å². The average Bonchev–Trinajstić information content (AvgIpc) is 3.46. The van der Waals surface area contributed by atoms with Crippen LogP contribution in [0.5, 0.6) is 11.5 Å². The van der Waals surface area contributed by atoms with E-state index >= 15 is 0 Å². The molecular weight excluding hydrogens is 306 g/mol. The zero-order valence-electron chi connectivity index (χ0n) is 13.2. The van der Waals surface area contributed by atoms with E-state index in [2.05, 4.69) is 5.32 Å². The summed E-state index contributed by atoms with van der Waals surface area (Å²) in [5.41, 5.74) is 1.95. The molecule has 4 rings (SSSR count). The minimum atomic E-state index is -0.850. The van der Waals surface area contributed by atoms with Gasteiger partial charge < -0.3 is 19.9 Å². The van der Waals surface area contributed by atoms with Crippen molar-refractivity contribution in [2.24, 2.45) is 5.92 Å². The Balaban J connectivity index is 1.73. The van der Waals surface area contributed by atoms with E-state index in [1.54, 1.807) is 12.1 Å². The first-order valence-corrected chi connectivity index (χ1v) is 8.20. The largest absolute Gasteiger partial charge is 0.486 e. The molecule has 1 aliphatic carbocycles. The Bertz CT molecular complexity index is 755. The summed E-state index contributed by atoms with van der Waals surface area (Å²) in [5, 5.41) is 13.7. The van der Waals surface area contributed by atoms with Gasteiger partial charge in [-0.15, -0.1) is 0 Å². The Kier molecular flexibility index (Phi) is 3.86. The van der Waals surface area contributed by atoms with Gasteiger partial charge in [-0.3, -0.25) is 4.79 Å². The molecular formula is C19H19NO4. The van der Waals surface area contributed by atoms with E-state index in [0.29, 0.717) is 36.0 Å². The van der Waals surface area contributed by atoms with Crippen LogP contribution in [0.2, 0.25) is 0 Å². The lowest BCUT2D eigenvalue weighted by Gasteiger charge is -2.23. The van der Waals surface area contributed by atoms with Gasteiger partial charge in [-0.2, -0.15) is 0 Å². The normalized spacial score (nSPS) is 17.2. The second kappa shape index (κ2) is 6.17. The molecule has 1 saturated carbocycles. The molecule has 0 saturated heterocycles. The van der Waals surface area contributed by atoms with Gasteiger partial charge in [-0.25, -0.2) is 0 Å². The highest BCUT2D eigenvalue weighted by Crippen LogP contribution is 2.40. The van der Waals surface area contributed by atoms with Gasteiger partial charge in [-0.05, 0) is 24.5 Å². The fourth-order valence-electron chi connectivity index (χ4n) is 2.83. The van der Waals surface area contributed by atoms with Gasteiger partial charge in [-0.1, -0.05) is 30.3 Å². The first kappa shape index (κ1) is 15.0. The lowest BCUT2D eigenvalue weighted by Crippen LogP contribution is -2.19. The van der Waals surface area contributed by atoms with Crippen molar-refractivity contribution >= 4 is 11.6 Å². The monoisotopic (exact) mass is 325 g/mol. The number of aliphatic hydroxyl groups excluding tert-OH is 1. The van der Waals surface area contributed by atoms with Gasteiger partial charge in [0, 0.05) is 17.5 Å². The van der Waals surface area contributed by atoms with Crippen molar-refractivity contribution in [1.82, 2.24) is 0 Å². The molecule has 1 atom stereocenters. The summed E-state index contributed by atoms with van der Waals surface area (Å²) in [5.74, 6) is 1.26. The topological polar surface area (TPSA) is 67.8 Å². The van der Waals surface area contributed by atoms with Gasteiger partial charge in [0.15, 0.2) is 11.5 Å². The van der Waals surface area contributed by atoms with Crippen LogP contribution in [-0.2, 0) is 4.79 Å². The number of carbonyl (C=O) groups is 1. The molecule has 24 heavy (non-hydrogen) atoms. The van der Waals surface area contributed by atoms with Crippen molar-refractivity contribution < 1.29 is 19.4 Å². The standard InChI is InChI=1S/C19H19NO4/c21-18(12-4-2-1-3-5-12)14-10-16-17(24-9-8-23-16)11-15(14)20-19(22)13-6-7-13/h1-5,10-11,13,18,21H,6-9H2,(H,20,22). The van der Waals surface area contributed by atoms with Crippen molar-refractivity contribution in [2.75, 3.05) is 18.5 Å². The molecule has 0 radical (unpaired) electrons. The Morgan fingerprint density at radius 3 is 2.42 bits per heavy atom. The van der Waals surface area contributed by atoms with E-state index in [4.69, 9.17) is 9.47 Å². The van der Waals surface area contributed by atoms with Gasteiger partial charge >= 0.3 is 0 Å². The highest BCUT2D eigenvalue weighted by Gasteiger charge is 2.31. The number of aliphatic hydroxyl groups is 1. The third-order valence-electron chi connectivity index (χ3n) is 4.33. The summed E-state index contributed by atoms with van der Waals surface area (Å²) in [4.78, 5) is 12.2. The number of nitrogens with one attached hydrogen (secondary N) is 1. The van der Waals surface area contributed by atoms with E-state index in [1.807, 2.05) is 30.3 Å². The predicted molar refractivity (Wildman–Crippen MR) is 89.3 cm³/mol. The van der Waals surface area contributed by atoms with E-state index < -0.39 is 6.10 Å². The minimum absolute atomic E-state index is 0.00631. The lowest BCUT2D eigenvalue weighted by molar-refractivity contribution is -0.117. The molecule has 1 amide bonds. The number of ether oxygens (including phenoxy) is 2. The van der Waals surface area contributed by atoms with Crippen LogP contribution in [0, 0.1) is 5.92 Å². The van der Waals surface area contributed by atoms with Crippen molar-refractivity contribution in [1.29, 1.82) is 0 Å². The van der Waals surface area contributed by atoms with Gasteiger partial charge in [0.1, 0.15) is 19.3 Å². The zero-order valence-corrected chi connectivity index (χ0v) is 13.2. The maximum absolute atomic E-state index is 12.2. The van der Waals surface area contributed by atoms with Crippen LogP contribution in [-0.4, -0.2) is 24.2 Å². The second-order valence-corrected chi connectivity index (χ2v) is 6.16. The third-order valence-corrected chi connectivity index (χ3v) is 4.33. The van der Waals surface area contributed by atoms with Crippen LogP contribution in [0.4, 0.5) is 5.69 Å². The van der Waals surface area contributed by atoms with Crippen LogP contribution in [0.25, 0.3) is 0 Å². The van der Waals surface area contributed by atoms with E-state index in [9.17, 15) is 9.90 Å². The first-order valence-electron chi connectivity index (χ1n) is 8.20. The highest BCUT2D eigenvalue weighted by atomic mass is 16.6. The quantitative estimate of drug-likeness (QED) is 0.907. The minimum Gasteiger partial charge on any atom is -0.486 e. The number of hydrogen-bond donors (Lipinski definition) is 2. The van der Waals surface area contributed by atoms with Gasteiger partial charge in [0.2, 0.25) is 5.91 Å².